The van der Waals surface area contributed by atoms with Gasteiger partial charge < -0.3 is 15.5 Å². The average molecular weight is 295 g/mol. The van der Waals surface area contributed by atoms with Crippen molar-refractivity contribution in [2.24, 2.45) is 11.7 Å². The molecule has 2 N–H and O–H groups in total. The molecule has 1 aliphatic heterocycles. The van der Waals surface area contributed by atoms with Crippen LogP contribution in [-0.4, -0.2) is 53.8 Å². The monoisotopic (exact) mass is 295 g/mol. The smallest absolute Gasteiger partial charge is 0.222 e. The van der Waals surface area contributed by atoms with E-state index in [1.807, 2.05) is 9.80 Å². The number of amides is 2. The van der Waals surface area contributed by atoms with Gasteiger partial charge in [-0.3, -0.25) is 9.59 Å². The predicted molar refractivity (Wildman–Crippen MR) is 82.6 cm³/mol. The molecule has 2 rings (SSSR count). The van der Waals surface area contributed by atoms with Gasteiger partial charge in [-0.05, 0) is 44.4 Å². The lowest BCUT2D eigenvalue weighted by molar-refractivity contribution is -0.132. The second-order valence-corrected chi connectivity index (χ2v) is 6.56. The topological polar surface area (TPSA) is 66.6 Å². The number of nitrogens with zero attached hydrogens (tertiary/aromatic N) is 2. The third kappa shape index (κ3) is 4.99. The second kappa shape index (κ2) is 7.78. The molecule has 0 atom stereocenters. The Labute approximate surface area is 127 Å². The van der Waals surface area contributed by atoms with Crippen molar-refractivity contribution < 1.29 is 9.59 Å². The van der Waals surface area contributed by atoms with Gasteiger partial charge in [-0.1, -0.05) is 0 Å². The summed E-state index contributed by atoms with van der Waals surface area (Å²) in [5.41, 5.74) is 5.92. The summed E-state index contributed by atoms with van der Waals surface area (Å²) in [4.78, 5) is 27.5. The largest absolute Gasteiger partial charge is 0.341 e. The molecule has 2 aliphatic rings. The van der Waals surface area contributed by atoms with Crippen LogP contribution in [0.4, 0.5) is 0 Å². The molecule has 0 aromatic carbocycles. The van der Waals surface area contributed by atoms with Gasteiger partial charge in [0.15, 0.2) is 0 Å². The van der Waals surface area contributed by atoms with Crippen LogP contribution in [0.1, 0.15) is 51.9 Å². The summed E-state index contributed by atoms with van der Waals surface area (Å²) in [6, 6.07) is 0.375. The maximum atomic E-state index is 12.3. The van der Waals surface area contributed by atoms with E-state index in [0.29, 0.717) is 31.5 Å². The first kappa shape index (κ1) is 16.3. The molecule has 21 heavy (non-hydrogen) atoms. The Balaban J connectivity index is 1.72. The van der Waals surface area contributed by atoms with E-state index in [2.05, 4.69) is 0 Å². The van der Waals surface area contributed by atoms with Crippen molar-refractivity contribution in [2.75, 3.05) is 26.2 Å². The molecular weight excluding hydrogens is 266 g/mol. The van der Waals surface area contributed by atoms with E-state index in [1.165, 1.54) is 12.8 Å². The maximum Gasteiger partial charge on any atom is 0.222 e. The minimum Gasteiger partial charge on any atom is -0.341 e. The zero-order chi connectivity index (χ0) is 15.2. The Kier molecular flexibility index (Phi) is 6.03. The van der Waals surface area contributed by atoms with Crippen molar-refractivity contribution in [3.05, 3.63) is 0 Å². The predicted octanol–water partition coefficient (Wildman–Crippen LogP) is 1.36. The van der Waals surface area contributed by atoms with Crippen LogP contribution < -0.4 is 5.73 Å². The third-order valence-electron chi connectivity index (χ3n) is 4.95. The van der Waals surface area contributed by atoms with Crippen LogP contribution in [0.15, 0.2) is 0 Å². The van der Waals surface area contributed by atoms with Gasteiger partial charge in [-0.25, -0.2) is 0 Å². The first-order valence-corrected chi connectivity index (χ1v) is 8.35. The zero-order valence-electron chi connectivity index (χ0n) is 13.2. The Morgan fingerprint density at radius 3 is 2.29 bits per heavy atom. The Bertz CT molecular complexity index is 365. The van der Waals surface area contributed by atoms with Crippen molar-refractivity contribution in [2.45, 2.75) is 57.9 Å². The summed E-state index contributed by atoms with van der Waals surface area (Å²) >= 11 is 0. The van der Waals surface area contributed by atoms with Crippen LogP contribution in [-0.2, 0) is 9.59 Å². The molecule has 0 aromatic rings. The van der Waals surface area contributed by atoms with Crippen molar-refractivity contribution in [1.82, 2.24) is 9.80 Å². The molecule has 0 bridgehead atoms. The van der Waals surface area contributed by atoms with Gasteiger partial charge in [0, 0.05) is 45.6 Å². The van der Waals surface area contributed by atoms with Gasteiger partial charge in [0.2, 0.25) is 11.8 Å². The number of hydrogen-bond acceptors (Lipinski definition) is 3. The molecule has 5 nitrogen and oxygen atoms in total. The number of carbonyl (C=O) groups excluding carboxylic acids is 2. The number of hydrogen-bond donors (Lipinski definition) is 1. The van der Waals surface area contributed by atoms with Crippen LogP contribution in [0.3, 0.4) is 0 Å². The van der Waals surface area contributed by atoms with Gasteiger partial charge in [-0.2, -0.15) is 0 Å². The standard InChI is InChI=1S/C16H29N3O2/c1-13(20)18-9-2-10-19(12-11-18)16(21)8-5-14-3-6-15(17)7-4-14/h14-15H,2-12,17H2,1H3. The van der Waals surface area contributed by atoms with Gasteiger partial charge in [0.1, 0.15) is 0 Å². The summed E-state index contributed by atoms with van der Waals surface area (Å²) in [6.45, 7) is 4.54. The highest BCUT2D eigenvalue weighted by Crippen LogP contribution is 2.27. The normalized spacial score (nSPS) is 27.3. The third-order valence-corrected chi connectivity index (χ3v) is 4.95. The first-order chi connectivity index (χ1) is 10.1. The molecule has 0 unspecified atom stereocenters. The summed E-state index contributed by atoms with van der Waals surface area (Å²) < 4.78 is 0. The van der Waals surface area contributed by atoms with Gasteiger partial charge in [-0.15, -0.1) is 0 Å². The van der Waals surface area contributed by atoms with E-state index < -0.39 is 0 Å². The highest BCUT2D eigenvalue weighted by atomic mass is 16.2. The van der Waals surface area contributed by atoms with E-state index in [1.54, 1.807) is 6.92 Å². The molecule has 120 valence electrons. The number of rotatable bonds is 3. The van der Waals surface area contributed by atoms with Crippen molar-refractivity contribution >= 4 is 11.8 Å². The summed E-state index contributed by atoms with van der Waals surface area (Å²) in [5.74, 6) is 1.05. The summed E-state index contributed by atoms with van der Waals surface area (Å²) in [6.07, 6.45) is 7.10. The molecule has 0 radical (unpaired) electrons. The zero-order valence-corrected chi connectivity index (χ0v) is 13.2. The summed E-state index contributed by atoms with van der Waals surface area (Å²) in [7, 11) is 0. The minimum absolute atomic E-state index is 0.114. The Morgan fingerprint density at radius 1 is 1.00 bits per heavy atom. The van der Waals surface area contributed by atoms with Gasteiger partial charge >= 0.3 is 0 Å². The van der Waals surface area contributed by atoms with E-state index in [0.717, 1.165) is 38.8 Å². The fourth-order valence-electron chi connectivity index (χ4n) is 3.44. The van der Waals surface area contributed by atoms with Gasteiger partial charge in [0.05, 0.1) is 0 Å². The van der Waals surface area contributed by atoms with Crippen molar-refractivity contribution in [3.63, 3.8) is 0 Å². The summed E-state index contributed by atoms with van der Waals surface area (Å²) in [5, 5.41) is 0. The molecule has 2 fully saturated rings. The Hall–Kier alpha value is -1.10. The molecule has 2 amide bonds. The van der Waals surface area contributed by atoms with Crippen molar-refractivity contribution in [3.8, 4) is 0 Å². The van der Waals surface area contributed by atoms with Crippen molar-refractivity contribution in [1.29, 1.82) is 0 Å². The maximum absolute atomic E-state index is 12.3. The first-order valence-electron chi connectivity index (χ1n) is 8.35. The van der Waals surface area contributed by atoms with Crippen LogP contribution in [0, 0.1) is 5.92 Å². The number of nitrogens with two attached hydrogens (primary N) is 1. The molecular formula is C16H29N3O2. The fourth-order valence-corrected chi connectivity index (χ4v) is 3.44. The second-order valence-electron chi connectivity index (χ2n) is 6.56. The lowest BCUT2D eigenvalue weighted by Crippen LogP contribution is -2.36. The van der Waals surface area contributed by atoms with E-state index in [4.69, 9.17) is 5.73 Å². The molecule has 0 spiro atoms. The number of carbonyl (C=O) groups is 2. The highest BCUT2D eigenvalue weighted by molar-refractivity contribution is 5.76. The molecule has 0 aromatic heterocycles. The molecule has 1 aliphatic carbocycles. The fraction of sp³-hybridized carbons (Fsp3) is 0.875. The molecule has 5 heteroatoms. The average Bonchev–Trinajstić information content (AvgIpc) is 2.72. The molecule has 1 saturated heterocycles. The SMILES string of the molecule is CC(=O)N1CCCN(C(=O)CCC2CCC(N)CC2)CC1. The van der Waals surface area contributed by atoms with Gasteiger partial charge in [0.25, 0.3) is 0 Å². The van der Waals surface area contributed by atoms with E-state index in [-0.39, 0.29) is 11.8 Å². The van der Waals surface area contributed by atoms with E-state index in [9.17, 15) is 9.59 Å². The quantitative estimate of drug-likeness (QED) is 0.855. The lowest BCUT2D eigenvalue weighted by atomic mass is 9.84. The van der Waals surface area contributed by atoms with Crippen LogP contribution in [0.2, 0.25) is 0 Å². The van der Waals surface area contributed by atoms with Crippen LogP contribution in [0.25, 0.3) is 0 Å². The lowest BCUT2D eigenvalue weighted by Gasteiger charge is -2.27. The van der Waals surface area contributed by atoms with Crippen LogP contribution in [0.5, 0.6) is 0 Å². The molecule has 1 saturated carbocycles. The molecule has 1 heterocycles. The minimum atomic E-state index is 0.114. The highest BCUT2D eigenvalue weighted by Gasteiger charge is 2.23. The van der Waals surface area contributed by atoms with Crippen LogP contribution >= 0.6 is 0 Å². The Morgan fingerprint density at radius 2 is 1.62 bits per heavy atom. The van der Waals surface area contributed by atoms with E-state index >= 15 is 0 Å².